The van der Waals surface area contributed by atoms with Crippen molar-refractivity contribution in [3.63, 3.8) is 0 Å². The van der Waals surface area contributed by atoms with Crippen LogP contribution in [0.2, 0.25) is 0 Å². The zero-order chi connectivity index (χ0) is 12.3. The lowest BCUT2D eigenvalue weighted by Gasteiger charge is -2.06. The zero-order valence-corrected chi connectivity index (χ0v) is 9.88. The Balaban J connectivity index is 2.21. The van der Waals surface area contributed by atoms with E-state index in [-0.39, 0.29) is 5.97 Å². The molecular formula is C13H14N2O2. The van der Waals surface area contributed by atoms with Gasteiger partial charge >= 0.3 is 5.97 Å². The Kier molecular flexibility index (Phi) is 3.23. The van der Waals surface area contributed by atoms with Crippen molar-refractivity contribution in [2.75, 3.05) is 0 Å². The van der Waals surface area contributed by atoms with E-state index >= 15 is 0 Å². The van der Waals surface area contributed by atoms with Crippen LogP contribution >= 0.6 is 0 Å². The summed E-state index contributed by atoms with van der Waals surface area (Å²) in [5.41, 5.74) is 1.40. The van der Waals surface area contributed by atoms with Crippen LogP contribution in [0.15, 0.2) is 36.5 Å². The molecule has 0 aliphatic rings. The number of aryl methyl sites for hydroxylation is 2. The van der Waals surface area contributed by atoms with Gasteiger partial charge in [-0.15, -0.1) is 0 Å². The molecule has 2 rings (SSSR count). The topological polar surface area (TPSA) is 44.1 Å². The molecule has 88 valence electrons. The summed E-state index contributed by atoms with van der Waals surface area (Å²) in [7, 11) is 0. The van der Waals surface area contributed by atoms with Crippen LogP contribution in [0.5, 0.6) is 5.88 Å². The molecule has 1 aromatic carbocycles. The summed E-state index contributed by atoms with van der Waals surface area (Å²) in [6.45, 7) is 4.49. The molecule has 0 fully saturated rings. The van der Waals surface area contributed by atoms with Crippen molar-refractivity contribution in [1.82, 2.24) is 9.78 Å². The normalized spacial score (nSPS) is 10.2. The minimum atomic E-state index is -0.357. The molecule has 0 unspecified atom stereocenters. The molecule has 0 saturated heterocycles. The Hall–Kier alpha value is -2.10. The van der Waals surface area contributed by atoms with Gasteiger partial charge in [0.05, 0.1) is 11.8 Å². The maximum Gasteiger partial charge on any atom is 0.344 e. The lowest BCUT2D eigenvalue weighted by atomic mass is 10.2. The number of benzene rings is 1. The third-order valence-electron chi connectivity index (χ3n) is 2.46. The minimum Gasteiger partial charge on any atom is -0.404 e. The van der Waals surface area contributed by atoms with Gasteiger partial charge in [0.25, 0.3) is 0 Å². The monoisotopic (exact) mass is 230 g/mol. The molecule has 0 radical (unpaired) electrons. The fourth-order valence-corrected chi connectivity index (χ4v) is 1.55. The quantitative estimate of drug-likeness (QED) is 0.761. The van der Waals surface area contributed by atoms with Crippen molar-refractivity contribution >= 4 is 5.97 Å². The fourth-order valence-electron chi connectivity index (χ4n) is 1.55. The average Bonchev–Trinajstić information content (AvgIpc) is 2.71. The summed E-state index contributed by atoms with van der Waals surface area (Å²) in [4.78, 5) is 11.9. The molecule has 4 heteroatoms. The van der Waals surface area contributed by atoms with Crippen LogP contribution in [-0.2, 0) is 6.54 Å². The molecule has 0 bridgehead atoms. The van der Waals surface area contributed by atoms with Gasteiger partial charge < -0.3 is 4.74 Å². The molecule has 1 aromatic heterocycles. The molecule has 17 heavy (non-hydrogen) atoms. The molecule has 0 aliphatic heterocycles. The van der Waals surface area contributed by atoms with E-state index < -0.39 is 0 Å². The second-order valence-electron chi connectivity index (χ2n) is 3.70. The predicted molar refractivity (Wildman–Crippen MR) is 64.0 cm³/mol. The number of carbonyl (C=O) groups is 1. The molecule has 0 saturated carbocycles. The van der Waals surface area contributed by atoms with Crippen LogP contribution in [0.3, 0.4) is 0 Å². The molecule has 0 atom stereocenters. The second-order valence-corrected chi connectivity index (χ2v) is 3.70. The third kappa shape index (κ3) is 2.36. The van der Waals surface area contributed by atoms with Crippen molar-refractivity contribution in [3.05, 3.63) is 47.7 Å². The first-order chi connectivity index (χ1) is 8.22. The molecule has 1 heterocycles. The summed E-state index contributed by atoms with van der Waals surface area (Å²) in [6.07, 6.45) is 1.69. The molecule has 4 nitrogen and oxygen atoms in total. The van der Waals surface area contributed by atoms with Gasteiger partial charge in [0, 0.05) is 12.1 Å². The predicted octanol–water partition coefficient (Wildman–Crippen LogP) is 2.43. The van der Waals surface area contributed by atoms with E-state index in [0.717, 1.165) is 5.56 Å². The van der Waals surface area contributed by atoms with Gasteiger partial charge in [-0.3, -0.25) is 0 Å². The van der Waals surface area contributed by atoms with E-state index in [1.165, 1.54) is 0 Å². The van der Waals surface area contributed by atoms with E-state index in [2.05, 4.69) is 5.10 Å². The Labute approximate surface area is 99.8 Å². The highest BCUT2D eigenvalue weighted by Gasteiger charge is 2.13. The van der Waals surface area contributed by atoms with E-state index in [1.807, 2.05) is 19.9 Å². The summed E-state index contributed by atoms with van der Waals surface area (Å²) in [5, 5.41) is 4.12. The van der Waals surface area contributed by atoms with Crippen molar-refractivity contribution in [3.8, 4) is 5.88 Å². The Bertz CT molecular complexity index is 517. The highest BCUT2D eigenvalue weighted by molar-refractivity contribution is 5.90. The number of nitrogens with zero attached hydrogens (tertiary/aromatic N) is 2. The molecule has 2 aromatic rings. The van der Waals surface area contributed by atoms with Gasteiger partial charge in [-0.1, -0.05) is 18.2 Å². The first-order valence-electron chi connectivity index (χ1n) is 5.52. The first kappa shape index (κ1) is 11.4. The smallest absolute Gasteiger partial charge is 0.344 e. The van der Waals surface area contributed by atoms with Crippen molar-refractivity contribution in [2.24, 2.45) is 0 Å². The molecular weight excluding hydrogens is 216 g/mol. The van der Waals surface area contributed by atoms with Gasteiger partial charge in [-0.2, -0.15) is 5.10 Å². The zero-order valence-electron chi connectivity index (χ0n) is 9.88. The van der Waals surface area contributed by atoms with Gasteiger partial charge in [0.1, 0.15) is 0 Å². The summed E-state index contributed by atoms with van der Waals surface area (Å²) in [6, 6.07) is 8.92. The third-order valence-corrected chi connectivity index (χ3v) is 2.46. The van der Waals surface area contributed by atoms with Crippen LogP contribution in [0.25, 0.3) is 0 Å². The number of aromatic nitrogens is 2. The Morgan fingerprint density at radius 1 is 1.35 bits per heavy atom. The van der Waals surface area contributed by atoms with Crippen LogP contribution in [-0.4, -0.2) is 15.7 Å². The van der Waals surface area contributed by atoms with Crippen molar-refractivity contribution in [1.29, 1.82) is 0 Å². The van der Waals surface area contributed by atoms with E-state index in [4.69, 9.17) is 4.74 Å². The van der Waals surface area contributed by atoms with Crippen LogP contribution in [0.4, 0.5) is 0 Å². The lowest BCUT2D eigenvalue weighted by Crippen LogP contribution is -2.12. The Morgan fingerprint density at radius 3 is 2.71 bits per heavy atom. The number of hydrogen-bond acceptors (Lipinski definition) is 3. The SMILES string of the molecule is CCn1ncc(C)c1OC(=O)c1ccccc1. The number of ether oxygens (including phenoxy) is 1. The highest BCUT2D eigenvalue weighted by Crippen LogP contribution is 2.18. The second kappa shape index (κ2) is 4.82. The maximum absolute atomic E-state index is 11.9. The van der Waals surface area contributed by atoms with Gasteiger partial charge in [0.2, 0.25) is 5.88 Å². The number of carbonyl (C=O) groups excluding carboxylic acids is 1. The van der Waals surface area contributed by atoms with Crippen LogP contribution in [0.1, 0.15) is 22.8 Å². The first-order valence-corrected chi connectivity index (χ1v) is 5.52. The molecule has 0 amide bonds. The molecule has 0 N–H and O–H groups in total. The van der Waals surface area contributed by atoms with Crippen LogP contribution < -0.4 is 4.74 Å². The number of rotatable bonds is 3. The largest absolute Gasteiger partial charge is 0.404 e. The van der Waals surface area contributed by atoms with E-state index in [1.54, 1.807) is 35.1 Å². The fraction of sp³-hybridized carbons (Fsp3) is 0.231. The van der Waals surface area contributed by atoms with Gasteiger partial charge in [-0.25, -0.2) is 9.48 Å². The summed E-state index contributed by atoms with van der Waals surface area (Å²) >= 11 is 0. The number of esters is 1. The number of hydrogen-bond donors (Lipinski definition) is 0. The van der Waals surface area contributed by atoms with Crippen molar-refractivity contribution in [2.45, 2.75) is 20.4 Å². The Morgan fingerprint density at radius 2 is 2.06 bits per heavy atom. The van der Waals surface area contributed by atoms with Crippen LogP contribution in [0, 0.1) is 6.92 Å². The summed E-state index contributed by atoms with van der Waals surface area (Å²) in [5.74, 6) is 0.158. The van der Waals surface area contributed by atoms with E-state index in [9.17, 15) is 4.79 Å². The minimum absolute atomic E-state index is 0.357. The maximum atomic E-state index is 11.9. The lowest BCUT2D eigenvalue weighted by molar-refractivity contribution is 0.0717. The highest BCUT2D eigenvalue weighted by atomic mass is 16.5. The van der Waals surface area contributed by atoms with Crippen molar-refractivity contribution < 1.29 is 9.53 Å². The van der Waals surface area contributed by atoms with Gasteiger partial charge in [0.15, 0.2) is 0 Å². The standard InChI is InChI=1S/C13H14N2O2/c1-3-15-12(10(2)9-14-15)17-13(16)11-7-5-4-6-8-11/h4-9H,3H2,1-2H3. The molecule has 0 aliphatic carbocycles. The average molecular weight is 230 g/mol. The van der Waals surface area contributed by atoms with E-state index in [0.29, 0.717) is 18.0 Å². The molecule has 0 spiro atoms. The summed E-state index contributed by atoms with van der Waals surface area (Å²) < 4.78 is 7.02. The van der Waals surface area contributed by atoms with Gasteiger partial charge in [-0.05, 0) is 26.0 Å².